The maximum Gasteiger partial charge on any atom is 0.354 e. The first-order chi connectivity index (χ1) is 14.4. The molecular formula is C22H18BrFN2O4. The van der Waals surface area contributed by atoms with Gasteiger partial charge in [-0.2, -0.15) is 0 Å². The molecule has 2 amide bonds. The lowest BCUT2D eigenvalue weighted by atomic mass is 9.96. The first kappa shape index (κ1) is 19.2. The molecule has 2 aliphatic heterocycles. The summed E-state index contributed by atoms with van der Waals surface area (Å²) in [6, 6.07) is 10.9. The minimum absolute atomic E-state index is 0.0932. The van der Waals surface area contributed by atoms with Crippen LogP contribution in [0.25, 0.3) is 0 Å². The summed E-state index contributed by atoms with van der Waals surface area (Å²) in [5, 5.41) is 0. The number of benzene rings is 2. The standard InChI is InChI=1S/C22H18BrFN2O4/c23-17-11-14(24)6-5-13(17)12-30-21(29)22-10-9-19(27)26(22)18-4-2-1-3-16(18)20(28)25(22)15-7-8-15/h1-6,11,15H,7-10,12H2. The Hall–Kier alpha value is -2.74. The molecule has 1 saturated carbocycles. The SMILES string of the molecule is O=C1CCC2(C(=O)OCc3ccc(F)cc3Br)N1c1ccccc1C(=O)N2C1CC1. The molecule has 2 aromatic rings. The molecule has 30 heavy (non-hydrogen) atoms. The van der Waals surface area contributed by atoms with Crippen molar-refractivity contribution in [1.29, 1.82) is 0 Å². The van der Waals surface area contributed by atoms with E-state index in [0.717, 1.165) is 12.8 Å². The van der Waals surface area contributed by atoms with Gasteiger partial charge in [0.05, 0.1) is 11.3 Å². The van der Waals surface area contributed by atoms with Crippen LogP contribution >= 0.6 is 15.9 Å². The number of amides is 2. The van der Waals surface area contributed by atoms with E-state index in [9.17, 15) is 18.8 Å². The maximum atomic E-state index is 13.5. The highest BCUT2D eigenvalue weighted by molar-refractivity contribution is 9.10. The van der Waals surface area contributed by atoms with Crippen LogP contribution in [0, 0.1) is 5.82 Å². The van der Waals surface area contributed by atoms with Crippen molar-refractivity contribution >= 4 is 39.4 Å². The highest BCUT2D eigenvalue weighted by Gasteiger charge is 2.64. The Morgan fingerprint density at radius 1 is 1.20 bits per heavy atom. The van der Waals surface area contributed by atoms with Crippen LogP contribution < -0.4 is 4.90 Å². The number of esters is 1. The van der Waals surface area contributed by atoms with Gasteiger partial charge in [-0.3, -0.25) is 14.5 Å². The van der Waals surface area contributed by atoms with E-state index in [-0.39, 0.29) is 37.3 Å². The molecule has 2 fully saturated rings. The van der Waals surface area contributed by atoms with Crippen LogP contribution in [-0.4, -0.2) is 34.4 Å². The van der Waals surface area contributed by atoms with Crippen LogP contribution in [0.2, 0.25) is 0 Å². The zero-order chi connectivity index (χ0) is 21.0. The Balaban J connectivity index is 1.54. The largest absolute Gasteiger partial charge is 0.458 e. The molecule has 8 heteroatoms. The molecule has 0 spiro atoms. The Labute approximate surface area is 180 Å². The number of fused-ring (bicyclic) bond motifs is 3. The summed E-state index contributed by atoms with van der Waals surface area (Å²) in [5.41, 5.74) is -0.0142. The van der Waals surface area contributed by atoms with Gasteiger partial charge in [0, 0.05) is 28.9 Å². The number of carbonyl (C=O) groups is 3. The van der Waals surface area contributed by atoms with Crippen molar-refractivity contribution in [1.82, 2.24) is 4.90 Å². The lowest BCUT2D eigenvalue weighted by molar-refractivity contribution is -0.159. The first-order valence-corrected chi connectivity index (χ1v) is 10.6. The summed E-state index contributed by atoms with van der Waals surface area (Å²) >= 11 is 3.27. The molecule has 2 aromatic carbocycles. The first-order valence-electron chi connectivity index (χ1n) is 9.80. The van der Waals surface area contributed by atoms with E-state index in [0.29, 0.717) is 21.3 Å². The van der Waals surface area contributed by atoms with Crippen molar-refractivity contribution < 1.29 is 23.5 Å². The highest BCUT2D eigenvalue weighted by Crippen LogP contribution is 2.49. The average molecular weight is 473 g/mol. The molecule has 1 saturated heterocycles. The molecule has 0 aromatic heterocycles. The topological polar surface area (TPSA) is 66.9 Å². The smallest absolute Gasteiger partial charge is 0.354 e. The highest BCUT2D eigenvalue weighted by atomic mass is 79.9. The summed E-state index contributed by atoms with van der Waals surface area (Å²) < 4.78 is 19.5. The maximum absolute atomic E-state index is 13.5. The molecule has 3 aliphatic rings. The summed E-state index contributed by atoms with van der Waals surface area (Å²) in [6.07, 6.45) is 1.91. The number of ether oxygens (including phenoxy) is 1. The van der Waals surface area contributed by atoms with Crippen LogP contribution in [0.1, 0.15) is 41.6 Å². The van der Waals surface area contributed by atoms with E-state index in [1.807, 2.05) is 0 Å². The zero-order valence-corrected chi connectivity index (χ0v) is 17.5. The molecule has 5 rings (SSSR count). The second-order valence-corrected chi connectivity index (χ2v) is 8.64. The van der Waals surface area contributed by atoms with Gasteiger partial charge in [-0.05, 0) is 37.1 Å². The molecule has 1 atom stereocenters. The van der Waals surface area contributed by atoms with Crippen molar-refractivity contribution in [3.8, 4) is 0 Å². The lowest BCUT2D eigenvalue weighted by Gasteiger charge is -2.48. The fourth-order valence-electron chi connectivity index (χ4n) is 4.41. The van der Waals surface area contributed by atoms with E-state index in [4.69, 9.17) is 4.74 Å². The van der Waals surface area contributed by atoms with E-state index in [2.05, 4.69) is 15.9 Å². The normalized spacial score (nSPS) is 22.7. The molecule has 6 nitrogen and oxygen atoms in total. The van der Waals surface area contributed by atoms with Gasteiger partial charge in [-0.25, -0.2) is 9.18 Å². The van der Waals surface area contributed by atoms with Gasteiger partial charge in [-0.15, -0.1) is 0 Å². The van der Waals surface area contributed by atoms with Crippen molar-refractivity contribution in [2.24, 2.45) is 0 Å². The Kier molecular flexibility index (Phi) is 4.43. The molecular weight excluding hydrogens is 455 g/mol. The number of nitrogens with zero attached hydrogens (tertiary/aromatic N) is 2. The van der Waals surface area contributed by atoms with E-state index in [1.165, 1.54) is 23.1 Å². The number of para-hydroxylation sites is 1. The quantitative estimate of drug-likeness (QED) is 0.635. The average Bonchev–Trinajstić information content (AvgIpc) is 3.50. The molecule has 154 valence electrons. The van der Waals surface area contributed by atoms with Crippen molar-refractivity contribution in [2.75, 3.05) is 4.90 Å². The Morgan fingerprint density at radius 2 is 1.97 bits per heavy atom. The van der Waals surface area contributed by atoms with E-state index in [1.54, 1.807) is 29.2 Å². The molecule has 1 aliphatic carbocycles. The third-order valence-corrected chi connectivity index (χ3v) is 6.65. The number of halogens is 2. The summed E-state index contributed by atoms with van der Waals surface area (Å²) in [6.45, 7) is -0.0994. The number of hydrogen-bond acceptors (Lipinski definition) is 4. The number of carbonyl (C=O) groups excluding carboxylic acids is 3. The predicted octanol–water partition coefficient (Wildman–Crippen LogP) is 3.77. The van der Waals surface area contributed by atoms with E-state index >= 15 is 0 Å². The minimum Gasteiger partial charge on any atom is -0.458 e. The van der Waals surface area contributed by atoms with Gasteiger partial charge in [0.1, 0.15) is 12.4 Å². The Bertz CT molecular complexity index is 1090. The summed E-state index contributed by atoms with van der Waals surface area (Å²) in [5.74, 6) is -1.50. The monoisotopic (exact) mass is 472 g/mol. The van der Waals surface area contributed by atoms with Crippen LogP contribution in [-0.2, 0) is 20.9 Å². The van der Waals surface area contributed by atoms with Crippen molar-refractivity contribution in [3.05, 3.63) is 63.9 Å². The van der Waals surface area contributed by atoms with Crippen LogP contribution in [0.3, 0.4) is 0 Å². The molecule has 0 radical (unpaired) electrons. The third kappa shape index (κ3) is 2.77. The number of hydrogen-bond donors (Lipinski definition) is 0. The zero-order valence-electron chi connectivity index (χ0n) is 15.9. The number of anilines is 1. The molecule has 0 bridgehead atoms. The van der Waals surface area contributed by atoms with Gasteiger partial charge < -0.3 is 9.64 Å². The summed E-state index contributed by atoms with van der Waals surface area (Å²) in [4.78, 5) is 42.7. The second kappa shape index (κ2) is 6.91. The van der Waals surface area contributed by atoms with Crippen molar-refractivity contribution in [2.45, 2.75) is 44.0 Å². The summed E-state index contributed by atoms with van der Waals surface area (Å²) in [7, 11) is 0. The second-order valence-electron chi connectivity index (χ2n) is 7.78. The Morgan fingerprint density at radius 3 is 2.70 bits per heavy atom. The molecule has 0 N–H and O–H groups in total. The molecule has 2 heterocycles. The molecule has 1 unspecified atom stereocenters. The fourth-order valence-corrected chi connectivity index (χ4v) is 4.88. The minimum atomic E-state index is -1.48. The predicted molar refractivity (Wildman–Crippen MR) is 109 cm³/mol. The van der Waals surface area contributed by atoms with Gasteiger partial charge >= 0.3 is 5.97 Å². The van der Waals surface area contributed by atoms with Crippen LogP contribution in [0.4, 0.5) is 10.1 Å². The fraction of sp³-hybridized carbons (Fsp3) is 0.318. The van der Waals surface area contributed by atoms with Gasteiger partial charge in [-0.1, -0.05) is 34.1 Å². The van der Waals surface area contributed by atoms with Crippen LogP contribution in [0.15, 0.2) is 46.9 Å². The third-order valence-electron chi connectivity index (χ3n) is 5.91. The van der Waals surface area contributed by atoms with Crippen molar-refractivity contribution in [3.63, 3.8) is 0 Å². The van der Waals surface area contributed by atoms with Crippen LogP contribution in [0.5, 0.6) is 0 Å². The van der Waals surface area contributed by atoms with Gasteiger partial charge in [0.25, 0.3) is 5.91 Å². The van der Waals surface area contributed by atoms with E-state index < -0.39 is 17.4 Å². The lowest BCUT2D eigenvalue weighted by Crippen LogP contribution is -2.69. The van der Waals surface area contributed by atoms with Gasteiger partial charge in [0.15, 0.2) is 0 Å². The van der Waals surface area contributed by atoms with Gasteiger partial charge in [0.2, 0.25) is 11.6 Å². The number of rotatable bonds is 4.